The van der Waals surface area contributed by atoms with E-state index in [1.54, 1.807) is 0 Å². The van der Waals surface area contributed by atoms with Gasteiger partial charge in [0, 0.05) is 5.94 Å². The molecule has 108 valence electrons. The Balaban J connectivity index is 1.82. The summed E-state index contributed by atoms with van der Waals surface area (Å²) in [4.78, 5) is 0. The first-order chi connectivity index (χ1) is 8.72. The van der Waals surface area contributed by atoms with Gasteiger partial charge in [-0.3, -0.25) is 0 Å². The normalized spacial score (nSPS) is 45.0. The van der Waals surface area contributed by atoms with Crippen molar-refractivity contribution in [3.05, 3.63) is 0 Å². The third-order valence-electron chi connectivity index (χ3n) is 6.21. The summed E-state index contributed by atoms with van der Waals surface area (Å²) in [6.07, 6.45) is 4.49. The Kier molecular flexibility index (Phi) is 2.92. The first-order valence-electron chi connectivity index (χ1n) is 7.83. The van der Waals surface area contributed by atoms with Gasteiger partial charge in [0.15, 0.2) is 0 Å². The summed E-state index contributed by atoms with van der Waals surface area (Å²) in [5, 5.41) is 0. The first-order valence-corrected chi connectivity index (χ1v) is 7.83. The van der Waals surface area contributed by atoms with Crippen molar-refractivity contribution in [1.82, 2.24) is 0 Å². The second-order valence-corrected chi connectivity index (χ2v) is 8.12. The van der Waals surface area contributed by atoms with Gasteiger partial charge in [0.1, 0.15) is 0 Å². The molecule has 4 aliphatic rings. The summed E-state index contributed by atoms with van der Waals surface area (Å²) in [5.41, 5.74) is 6.31. The molecule has 4 heteroatoms. The smallest absolute Gasteiger partial charge is 0.402 e. The predicted molar refractivity (Wildman–Crippen MR) is 77.6 cm³/mol. The van der Waals surface area contributed by atoms with Crippen LogP contribution in [0.2, 0.25) is 0 Å². The Morgan fingerprint density at radius 3 is 2.47 bits per heavy atom. The molecular formula is C15H28BNO2. The van der Waals surface area contributed by atoms with Crippen molar-refractivity contribution in [3.63, 3.8) is 0 Å². The first kappa shape index (κ1) is 13.9. The third kappa shape index (κ3) is 1.63. The van der Waals surface area contributed by atoms with Crippen molar-refractivity contribution in [2.45, 2.75) is 77.4 Å². The molecular weight excluding hydrogens is 237 g/mol. The van der Waals surface area contributed by atoms with Crippen molar-refractivity contribution in [1.29, 1.82) is 0 Å². The van der Waals surface area contributed by atoms with Gasteiger partial charge >= 0.3 is 7.12 Å². The number of fused-ring (bicyclic) bond motifs is 1. The molecule has 3 nitrogen and oxygen atoms in total. The average Bonchev–Trinajstić information content (AvgIpc) is 2.63. The van der Waals surface area contributed by atoms with Gasteiger partial charge in [0.2, 0.25) is 0 Å². The van der Waals surface area contributed by atoms with Gasteiger partial charge in [-0.25, -0.2) is 0 Å². The van der Waals surface area contributed by atoms with E-state index in [0.29, 0.717) is 5.92 Å². The van der Waals surface area contributed by atoms with Gasteiger partial charge in [-0.1, -0.05) is 27.7 Å². The number of hydrogen-bond donors (Lipinski definition) is 1. The van der Waals surface area contributed by atoms with Crippen molar-refractivity contribution in [2.75, 3.05) is 0 Å². The van der Waals surface area contributed by atoms with Crippen molar-refractivity contribution >= 4 is 7.12 Å². The highest BCUT2D eigenvalue weighted by molar-refractivity contribution is 6.47. The molecule has 1 heterocycles. The van der Waals surface area contributed by atoms with Crippen LogP contribution in [0.5, 0.6) is 0 Å². The molecule has 4 rings (SSSR count). The second kappa shape index (κ2) is 3.99. The van der Waals surface area contributed by atoms with Gasteiger partial charge in [0.05, 0.1) is 11.2 Å². The molecule has 4 fully saturated rings. The number of hydrogen-bond acceptors (Lipinski definition) is 3. The minimum Gasteiger partial charge on any atom is -0.402 e. The van der Waals surface area contributed by atoms with Gasteiger partial charge in [-0.15, -0.1) is 0 Å². The Bertz CT molecular complexity index is 386. The van der Waals surface area contributed by atoms with E-state index >= 15 is 0 Å². The maximum absolute atomic E-state index is 6.45. The highest BCUT2D eigenvalue weighted by Gasteiger charge is 2.76. The molecule has 1 saturated heterocycles. The zero-order chi connectivity index (χ0) is 14.1. The largest absolute Gasteiger partial charge is 0.475 e. The standard InChI is InChI=1S/C15H28BNO2/c1-10(2)8-12(17)16-18-14(5)7-6-11-9-15(14,19-16)13(11,3)4/h10-12H,6-9,17H2,1-5H3/t11?,12-,14?,15?/m0/s1. The molecule has 0 aromatic heterocycles. The SMILES string of the molecule is CC(C)C[C@H](N)B1OC2(C)CCC3CC2(O1)C3(C)C. The van der Waals surface area contributed by atoms with Crippen LogP contribution in [0, 0.1) is 17.3 Å². The summed E-state index contributed by atoms with van der Waals surface area (Å²) >= 11 is 0. The molecule has 3 saturated carbocycles. The van der Waals surface area contributed by atoms with E-state index in [2.05, 4.69) is 34.6 Å². The van der Waals surface area contributed by atoms with Crippen LogP contribution in [0.3, 0.4) is 0 Å². The maximum Gasteiger partial charge on any atom is 0.475 e. The molecule has 3 aliphatic carbocycles. The molecule has 1 spiro atoms. The molecule has 0 aromatic carbocycles. The van der Waals surface area contributed by atoms with Crippen molar-refractivity contribution in [2.24, 2.45) is 23.0 Å². The average molecular weight is 265 g/mol. The molecule has 2 bridgehead atoms. The highest BCUT2D eigenvalue weighted by Crippen LogP contribution is 2.70. The minimum absolute atomic E-state index is 0.00773. The van der Waals surface area contributed by atoms with Crippen LogP contribution in [0.15, 0.2) is 0 Å². The van der Waals surface area contributed by atoms with Crippen LogP contribution in [-0.2, 0) is 9.31 Å². The Labute approximate surface area is 117 Å². The quantitative estimate of drug-likeness (QED) is 0.798. The van der Waals surface area contributed by atoms with Crippen LogP contribution >= 0.6 is 0 Å². The molecule has 19 heavy (non-hydrogen) atoms. The molecule has 0 radical (unpaired) electrons. The molecule has 1 aliphatic heterocycles. The van der Waals surface area contributed by atoms with E-state index in [4.69, 9.17) is 15.0 Å². The Morgan fingerprint density at radius 2 is 1.95 bits per heavy atom. The fourth-order valence-corrected chi connectivity index (χ4v) is 4.86. The lowest BCUT2D eigenvalue weighted by atomic mass is 9.41. The topological polar surface area (TPSA) is 44.5 Å². The summed E-state index contributed by atoms with van der Waals surface area (Å²) in [6.45, 7) is 11.3. The molecule has 3 unspecified atom stereocenters. The monoisotopic (exact) mass is 265 g/mol. The lowest BCUT2D eigenvalue weighted by molar-refractivity contribution is -0.257. The fourth-order valence-electron chi connectivity index (χ4n) is 4.86. The van der Waals surface area contributed by atoms with E-state index in [9.17, 15) is 0 Å². The lowest BCUT2D eigenvalue weighted by Crippen LogP contribution is -2.73. The summed E-state index contributed by atoms with van der Waals surface area (Å²) in [5.74, 6) is 1.37. The molecule has 4 atom stereocenters. The van der Waals surface area contributed by atoms with Crippen LogP contribution in [-0.4, -0.2) is 24.3 Å². The van der Waals surface area contributed by atoms with Gasteiger partial charge in [0.25, 0.3) is 0 Å². The molecule has 0 amide bonds. The Hall–Kier alpha value is -0.0551. The zero-order valence-electron chi connectivity index (χ0n) is 13.0. The van der Waals surface area contributed by atoms with Crippen LogP contribution in [0.1, 0.15) is 60.3 Å². The lowest BCUT2D eigenvalue weighted by Gasteiger charge is -2.69. The van der Waals surface area contributed by atoms with Crippen molar-refractivity contribution < 1.29 is 9.31 Å². The maximum atomic E-state index is 6.45. The van der Waals surface area contributed by atoms with Gasteiger partial charge < -0.3 is 15.0 Å². The summed E-state index contributed by atoms with van der Waals surface area (Å²) in [7, 11) is -0.217. The van der Waals surface area contributed by atoms with Crippen molar-refractivity contribution in [3.8, 4) is 0 Å². The number of rotatable bonds is 3. The third-order valence-corrected chi connectivity index (χ3v) is 6.21. The van der Waals surface area contributed by atoms with Crippen LogP contribution in [0.25, 0.3) is 0 Å². The predicted octanol–water partition coefficient (Wildman–Crippen LogP) is 2.77. The van der Waals surface area contributed by atoms with Crippen LogP contribution < -0.4 is 5.73 Å². The zero-order valence-corrected chi connectivity index (χ0v) is 13.0. The Morgan fingerprint density at radius 1 is 1.26 bits per heavy atom. The van der Waals surface area contributed by atoms with Crippen LogP contribution in [0.4, 0.5) is 0 Å². The summed E-state index contributed by atoms with van der Waals surface area (Å²) < 4.78 is 12.8. The fraction of sp³-hybridized carbons (Fsp3) is 1.00. The van der Waals surface area contributed by atoms with E-state index in [0.717, 1.165) is 25.2 Å². The second-order valence-electron chi connectivity index (χ2n) is 8.12. The number of nitrogens with two attached hydrogens (primary N) is 1. The van der Waals surface area contributed by atoms with E-state index in [1.807, 2.05) is 0 Å². The minimum atomic E-state index is -0.217. The molecule has 0 aromatic rings. The molecule has 2 N–H and O–H groups in total. The van der Waals surface area contributed by atoms with E-state index < -0.39 is 0 Å². The highest BCUT2D eigenvalue weighted by atomic mass is 16.7. The van der Waals surface area contributed by atoms with E-state index in [-0.39, 0.29) is 29.7 Å². The van der Waals surface area contributed by atoms with E-state index in [1.165, 1.54) is 6.42 Å². The van der Waals surface area contributed by atoms with Gasteiger partial charge in [-0.05, 0) is 49.9 Å². The van der Waals surface area contributed by atoms with Gasteiger partial charge in [-0.2, -0.15) is 0 Å². The summed E-state index contributed by atoms with van der Waals surface area (Å²) in [6, 6.07) is 0.